The Morgan fingerprint density at radius 1 is 1.50 bits per heavy atom. The van der Waals surface area contributed by atoms with Gasteiger partial charge < -0.3 is 10.4 Å². The van der Waals surface area contributed by atoms with Crippen LogP contribution in [-0.4, -0.2) is 29.6 Å². The van der Waals surface area contributed by atoms with Crippen LogP contribution in [0.5, 0.6) is 0 Å². The van der Waals surface area contributed by atoms with Crippen LogP contribution in [0.4, 0.5) is 0 Å². The van der Waals surface area contributed by atoms with Crippen molar-refractivity contribution in [2.24, 2.45) is 0 Å². The van der Waals surface area contributed by atoms with Crippen LogP contribution >= 0.6 is 23.4 Å². The predicted octanol–water partition coefficient (Wildman–Crippen LogP) is 2.63. The zero-order valence-electron chi connectivity index (χ0n) is 10.4. The minimum absolute atomic E-state index is 0.0323. The molecule has 1 atom stereocenters. The maximum atomic E-state index is 11.5. The van der Waals surface area contributed by atoms with E-state index in [1.807, 2.05) is 12.3 Å². The van der Waals surface area contributed by atoms with Crippen LogP contribution in [0.25, 0.3) is 0 Å². The first kappa shape index (κ1) is 15.3. The fourth-order valence-corrected chi connectivity index (χ4v) is 2.23. The minimum atomic E-state index is -0.761. The molecule has 0 aliphatic heterocycles. The van der Waals surface area contributed by atoms with Crippen molar-refractivity contribution in [3.8, 4) is 0 Å². The molecule has 1 unspecified atom stereocenters. The van der Waals surface area contributed by atoms with Crippen LogP contribution in [0, 0.1) is 0 Å². The zero-order chi connectivity index (χ0) is 13.4. The molecule has 0 heterocycles. The molecule has 0 saturated heterocycles. The molecule has 0 aliphatic carbocycles. The van der Waals surface area contributed by atoms with Gasteiger partial charge in [-0.25, -0.2) is 0 Å². The van der Waals surface area contributed by atoms with Crippen LogP contribution in [0.1, 0.15) is 24.5 Å². The number of thioether (sulfide) groups is 1. The highest BCUT2D eigenvalue weighted by atomic mass is 35.5. The Kier molecular flexibility index (Phi) is 7.16. The van der Waals surface area contributed by atoms with E-state index in [1.165, 1.54) is 0 Å². The predicted molar refractivity (Wildman–Crippen MR) is 77.0 cm³/mol. The van der Waals surface area contributed by atoms with Crippen molar-refractivity contribution in [1.82, 2.24) is 5.32 Å². The molecule has 2 N–H and O–H groups in total. The number of rotatable bonds is 7. The molecule has 0 aromatic heterocycles. The van der Waals surface area contributed by atoms with Crippen molar-refractivity contribution in [3.63, 3.8) is 0 Å². The molecule has 0 saturated carbocycles. The second-order valence-electron chi connectivity index (χ2n) is 3.94. The van der Waals surface area contributed by atoms with Crippen LogP contribution in [0.3, 0.4) is 0 Å². The first-order valence-corrected chi connectivity index (χ1v) is 7.60. The van der Waals surface area contributed by atoms with Gasteiger partial charge in [-0.2, -0.15) is 11.8 Å². The molecule has 100 valence electrons. The molecular formula is C13H18ClNO2S. The number of hydrogen-bond donors (Lipinski definition) is 2. The van der Waals surface area contributed by atoms with E-state index >= 15 is 0 Å². The molecule has 0 fully saturated rings. The second-order valence-corrected chi connectivity index (χ2v) is 5.33. The van der Waals surface area contributed by atoms with Gasteiger partial charge in [0.2, 0.25) is 5.91 Å². The average molecular weight is 288 g/mol. The molecule has 0 spiro atoms. The highest BCUT2D eigenvalue weighted by Crippen LogP contribution is 2.21. The summed E-state index contributed by atoms with van der Waals surface area (Å²) in [5.41, 5.74) is 0.642. The van der Waals surface area contributed by atoms with Gasteiger partial charge in [-0.1, -0.05) is 29.8 Å². The van der Waals surface area contributed by atoms with Gasteiger partial charge in [0.1, 0.15) is 0 Å². The summed E-state index contributed by atoms with van der Waals surface area (Å²) in [6.45, 7) is 0.196. The SMILES string of the molecule is CSCCCC(=O)NCC(O)c1ccccc1Cl. The van der Waals surface area contributed by atoms with E-state index in [9.17, 15) is 9.90 Å². The summed E-state index contributed by atoms with van der Waals surface area (Å²) in [7, 11) is 0. The summed E-state index contributed by atoms with van der Waals surface area (Å²) in [5, 5.41) is 13.1. The topological polar surface area (TPSA) is 49.3 Å². The van der Waals surface area contributed by atoms with Crippen LogP contribution in [-0.2, 0) is 4.79 Å². The van der Waals surface area contributed by atoms with Crippen molar-refractivity contribution in [2.75, 3.05) is 18.6 Å². The lowest BCUT2D eigenvalue weighted by atomic mass is 10.1. The quantitative estimate of drug-likeness (QED) is 0.758. The van der Waals surface area contributed by atoms with E-state index in [0.29, 0.717) is 17.0 Å². The van der Waals surface area contributed by atoms with Gasteiger partial charge in [0.25, 0.3) is 0 Å². The number of benzene rings is 1. The third-order valence-electron chi connectivity index (χ3n) is 2.51. The summed E-state index contributed by atoms with van der Waals surface area (Å²) in [5.74, 6) is 0.940. The highest BCUT2D eigenvalue weighted by molar-refractivity contribution is 7.98. The molecule has 18 heavy (non-hydrogen) atoms. The molecular weight excluding hydrogens is 270 g/mol. The number of halogens is 1. The molecule has 0 aliphatic rings. The second kappa shape index (κ2) is 8.40. The molecule has 0 bridgehead atoms. The Bertz CT molecular complexity index is 387. The number of aliphatic hydroxyl groups is 1. The van der Waals surface area contributed by atoms with Crippen LogP contribution in [0.2, 0.25) is 5.02 Å². The Morgan fingerprint density at radius 2 is 2.22 bits per heavy atom. The minimum Gasteiger partial charge on any atom is -0.387 e. The summed E-state index contributed by atoms with van der Waals surface area (Å²) >= 11 is 7.68. The molecule has 1 aromatic rings. The van der Waals surface area contributed by atoms with E-state index in [1.54, 1.807) is 30.0 Å². The van der Waals surface area contributed by atoms with Crippen molar-refractivity contribution in [3.05, 3.63) is 34.9 Å². The summed E-state index contributed by atoms with van der Waals surface area (Å²) < 4.78 is 0. The Balaban J connectivity index is 2.35. The molecule has 5 heteroatoms. The first-order valence-electron chi connectivity index (χ1n) is 5.83. The lowest BCUT2D eigenvalue weighted by Crippen LogP contribution is -2.28. The van der Waals surface area contributed by atoms with Gasteiger partial charge >= 0.3 is 0 Å². The highest BCUT2D eigenvalue weighted by Gasteiger charge is 2.11. The van der Waals surface area contributed by atoms with Gasteiger partial charge in [-0.05, 0) is 24.5 Å². The van der Waals surface area contributed by atoms with Gasteiger partial charge in [-0.15, -0.1) is 0 Å². The fourth-order valence-electron chi connectivity index (χ4n) is 1.53. The van der Waals surface area contributed by atoms with E-state index < -0.39 is 6.10 Å². The molecule has 0 radical (unpaired) electrons. The Morgan fingerprint density at radius 3 is 2.89 bits per heavy atom. The van der Waals surface area contributed by atoms with Crippen molar-refractivity contribution in [1.29, 1.82) is 0 Å². The standard InChI is InChI=1S/C13H18ClNO2S/c1-18-8-4-7-13(17)15-9-12(16)10-5-2-3-6-11(10)14/h2-3,5-6,12,16H,4,7-9H2,1H3,(H,15,17). The zero-order valence-corrected chi connectivity index (χ0v) is 11.9. The molecule has 1 amide bonds. The number of nitrogens with one attached hydrogen (secondary N) is 1. The monoisotopic (exact) mass is 287 g/mol. The number of aliphatic hydroxyl groups excluding tert-OH is 1. The average Bonchev–Trinajstić information content (AvgIpc) is 2.37. The third-order valence-corrected chi connectivity index (χ3v) is 3.55. The maximum Gasteiger partial charge on any atom is 0.220 e. The Labute approximate surface area is 117 Å². The largest absolute Gasteiger partial charge is 0.387 e. The normalized spacial score (nSPS) is 12.2. The fraction of sp³-hybridized carbons (Fsp3) is 0.462. The molecule has 1 aromatic carbocycles. The third kappa shape index (κ3) is 5.29. The number of carbonyl (C=O) groups excluding carboxylic acids is 1. The van der Waals surface area contributed by atoms with Gasteiger partial charge in [-0.3, -0.25) is 4.79 Å². The van der Waals surface area contributed by atoms with Gasteiger partial charge in [0.15, 0.2) is 0 Å². The van der Waals surface area contributed by atoms with Gasteiger partial charge in [0, 0.05) is 23.6 Å². The van der Waals surface area contributed by atoms with Crippen molar-refractivity contribution in [2.45, 2.75) is 18.9 Å². The van der Waals surface area contributed by atoms with Crippen molar-refractivity contribution < 1.29 is 9.90 Å². The molecule has 1 rings (SSSR count). The lowest BCUT2D eigenvalue weighted by molar-refractivity contribution is -0.121. The lowest BCUT2D eigenvalue weighted by Gasteiger charge is -2.13. The van der Waals surface area contributed by atoms with E-state index in [-0.39, 0.29) is 12.5 Å². The van der Waals surface area contributed by atoms with Crippen LogP contribution in [0.15, 0.2) is 24.3 Å². The number of carbonyl (C=O) groups is 1. The summed E-state index contributed by atoms with van der Waals surface area (Å²) in [6.07, 6.45) is 2.60. The van der Waals surface area contributed by atoms with Crippen molar-refractivity contribution >= 4 is 29.3 Å². The van der Waals surface area contributed by atoms with E-state index in [0.717, 1.165) is 12.2 Å². The van der Waals surface area contributed by atoms with E-state index in [2.05, 4.69) is 5.32 Å². The molecule has 3 nitrogen and oxygen atoms in total. The number of amides is 1. The Hall–Kier alpha value is -0.710. The summed E-state index contributed by atoms with van der Waals surface area (Å²) in [6, 6.07) is 7.09. The first-order chi connectivity index (χ1) is 8.65. The van der Waals surface area contributed by atoms with Gasteiger partial charge in [0.05, 0.1) is 6.10 Å². The van der Waals surface area contributed by atoms with E-state index in [4.69, 9.17) is 11.6 Å². The smallest absolute Gasteiger partial charge is 0.220 e. The van der Waals surface area contributed by atoms with Crippen LogP contribution < -0.4 is 5.32 Å². The maximum absolute atomic E-state index is 11.5. The number of hydrogen-bond acceptors (Lipinski definition) is 3. The summed E-state index contributed by atoms with van der Waals surface area (Å²) in [4.78, 5) is 11.5.